The first-order valence-electron chi connectivity index (χ1n) is 13.9. The maximum atomic E-state index is 11.0. The third-order valence-corrected chi connectivity index (χ3v) is 6.81. The number of azo groups is 3. The van der Waals surface area contributed by atoms with Crippen molar-refractivity contribution in [1.82, 2.24) is 0 Å². The van der Waals surface area contributed by atoms with Gasteiger partial charge in [0.2, 0.25) is 0 Å². The number of carbonyl (C=O) groups is 1. The van der Waals surface area contributed by atoms with Gasteiger partial charge in [-0.15, -0.1) is 0 Å². The molecule has 228 valence electrons. The van der Waals surface area contributed by atoms with Gasteiger partial charge in [0.15, 0.2) is 0 Å². The Morgan fingerprint density at radius 1 is 0.689 bits per heavy atom. The zero-order valence-corrected chi connectivity index (χ0v) is 26.1. The summed E-state index contributed by atoms with van der Waals surface area (Å²) in [5.41, 5.74) is 5.69. The quantitative estimate of drug-likeness (QED) is 0.0591. The molecule has 0 unspecified atom stereocenters. The van der Waals surface area contributed by atoms with Crippen LogP contribution in [0.1, 0.15) is 24.0 Å². The summed E-state index contributed by atoms with van der Waals surface area (Å²) in [7, 11) is 0. The van der Waals surface area contributed by atoms with Crippen molar-refractivity contribution in [2.75, 3.05) is 13.2 Å². The third kappa shape index (κ3) is 10.3. The standard InChI is InChI=1S/C34H30Cl2N6O3/c1-4-24-8-9-28(21-30(24)35)40-37-25-10-12-26(13-11-25)38-42-32-16-14-27(20-23(32)3)39-41-29-15-17-33(31(36)22-29)44-18-6-7-19-45-34(43)5-2/h4-5,8-17,20-22H,1-2,6-7,18-19H2,3H3. The molecule has 0 fully saturated rings. The first-order chi connectivity index (χ1) is 21.8. The lowest BCUT2D eigenvalue weighted by Gasteiger charge is -2.08. The Labute approximate surface area is 271 Å². The highest BCUT2D eigenvalue weighted by molar-refractivity contribution is 6.32. The molecule has 0 spiro atoms. The van der Waals surface area contributed by atoms with Gasteiger partial charge < -0.3 is 9.47 Å². The van der Waals surface area contributed by atoms with Gasteiger partial charge in [-0.05, 0) is 104 Å². The van der Waals surface area contributed by atoms with Gasteiger partial charge in [0, 0.05) is 11.1 Å². The smallest absolute Gasteiger partial charge is 0.330 e. The van der Waals surface area contributed by atoms with Crippen molar-refractivity contribution in [3.8, 4) is 5.75 Å². The fourth-order valence-electron chi connectivity index (χ4n) is 3.77. The first kappa shape index (κ1) is 32.9. The number of benzene rings is 4. The van der Waals surface area contributed by atoms with Crippen LogP contribution in [0.5, 0.6) is 5.75 Å². The topological polar surface area (TPSA) is 110 Å². The van der Waals surface area contributed by atoms with Crippen molar-refractivity contribution in [3.63, 3.8) is 0 Å². The Kier molecular flexibility index (Phi) is 12.2. The number of hydrogen-bond donors (Lipinski definition) is 0. The summed E-state index contributed by atoms with van der Waals surface area (Å²) >= 11 is 12.6. The molecule has 4 rings (SSSR count). The van der Waals surface area contributed by atoms with Crippen molar-refractivity contribution in [2.45, 2.75) is 19.8 Å². The number of aryl methyl sites for hydroxylation is 1. The zero-order chi connectivity index (χ0) is 32.0. The van der Waals surface area contributed by atoms with Crippen LogP contribution in [-0.2, 0) is 9.53 Å². The average molecular weight is 642 g/mol. The number of ether oxygens (including phenoxy) is 2. The fourth-order valence-corrected chi connectivity index (χ4v) is 4.25. The molecule has 0 saturated heterocycles. The number of esters is 1. The van der Waals surface area contributed by atoms with Gasteiger partial charge in [-0.2, -0.15) is 30.7 Å². The van der Waals surface area contributed by atoms with Crippen LogP contribution in [0.2, 0.25) is 10.0 Å². The summed E-state index contributed by atoms with van der Waals surface area (Å²) in [5, 5.41) is 26.8. The Hall–Kier alpha value is -4.99. The minimum absolute atomic E-state index is 0.317. The van der Waals surface area contributed by atoms with Crippen LogP contribution < -0.4 is 4.74 Å². The minimum atomic E-state index is -0.433. The maximum Gasteiger partial charge on any atom is 0.330 e. The predicted molar refractivity (Wildman–Crippen MR) is 179 cm³/mol. The molecule has 0 saturated carbocycles. The van der Waals surface area contributed by atoms with Gasteiger partial charge in [0.05, 0.1) is 52.4 Å². The van der Waals surface area contributed by atoms with Crippen molar-refractivity contribution in [2.24, 2.45) is 30.7 Å². The molecule has 0 aliphatic heterocycles. The van der Waals surface area contributed by atoms with E-state index < -0.39 is 5.97 Å². The van der Waals surface area contributed by atoms with Crippen LogP contribution >= 0.6 is 23.2 Å². The van der Waals surface area contributed by atoms with Gasteiger partial charge in [-0.25, -0.2) is 4.79 Å². The number of halogens is 2. The zero-order valence-electron chi connectivity index (χ0n) is 24.6. The van der Waals surface area contributed by atoms with Gasteiger partial charge in [-0.3, -0.25) is 0 Å². The lowest BCUT2D eigenvalue weighted by molar-refractivity contribution is -0.137. The van der Waals surface area contributed by atoms with Crippen molar-refractivity contribution in [1.29, 1.82) is 0 Å². The van der Waals surface area contributed by atoms with Gasteiger partial charge >= 0.3 is 5.97 Å². The Balaban J connectivity index is 1.29. The fraction of sp³-hybridized carbons (Fsp3) is 0.147. The van der Waals surface area contributed by atoms with E-state index in [4.69, 9.17) is 32.7 Å². The van der Waals surface area contributed by atoms with E-state index in [0.29, 0.717) is 76.0 Å². The summed E-state index contributed by atoms with van der Waals surface area (Å²) in [5.74, 6) is 0.112. The highest BCUT2D eigenvalue weighted by Crippen LogP contribution is 2.32. The number of nitrogens with zero attached hydrogens (tertiary/aromatic N) is 6. The van der Waals surface area contributed by atoms with Gasteiger partial charge in [0.1, 0.15) is 5.75 Å². The van der Waals surface area contributed by atoms with E-state index >= 15 is 0 Å². The summed E-state index contributed by atoms with van der Waals surface area (Å²) in [4.78, 5) is 11.0. The summed E-state index contributed by atoms with van der Waals surface area (Å²) in [6.45, 7) is 9.77. The van der Waals surface area contributed by atoms with E-state index in [1.807, 2.05) is 61.5 Å². The lowest BCUT2D eigenvalue weighted by atomic mass is 10.2. The molecule has 0 heterocycles. The van der Waals surface area contributed by atoms with E-state index in [1.165, 1.54) is 0 Å². The molecule has 11 heteroatoms. The summed E-state index contributed by atoms with van der Waals surface area (Å²) < 4.78 is 10.7. The largest absolute Gasteiger partial charge is 0.492 e. The SMILES string of the molecule is C=CC(=O)OCCCCOc1ccc(N=Nc2ccc(N=Nc3ccc(N=Nc4ccc(C=C)c(Cl)c4)cc3)c(C)c2)cc1Cl. The predicted octanol–water partition coefficient (Wildman–Crippen LogP) is 12.1. The molecule has 0 amide bonds. The Bertz CT molecular complexity index is 1750. The van der Waals surface area contributed by atoms with Crippen LogP contribution in [0.3, 0.4) is 0 Å². The van der Waals surface area contributed by atoms with Crippen molar-refractivity contribution >= 4 is 69.4 Å². The summed E-state index contributed by atoms with van der Waals surface area (Å²) in [6.07, 6.45) is 4.21. The number of rotatable bonds is 14. The monoisotopic (exact) mass is 640 g/mol. The number of hydrogen-bond acceptors (Lipinski definition) is 9. The molecular formula is C34H30Cl2N6O3. The van der Waals surface area contributed by atoms with Crippen LogP contribution in [-0.4, -0.2) is 19.2 Å². The third-order valence-electron chi connectivity index (χ3n) is 6.19. The molecule has 4 aromatic carbocycles. The molecule has 0 bridgehead atoms. The molecular weight excluding hydrogens is 611 g/mol. The van der Waals surface area contributed by atoms with Crippen LogP contribution in [0.25, 0.3) is 6.08 Å². The normalized spacial score (nSPS) is 11.4. The highest BCUT2D eigenvalue weighted by Gasteiger charge is 2.05. The average Bonchev–Trinajstić information content (AvgIpc) is 3.05. The molecule has 45 heavy (non-hydrogen) atoms. The molecule has 4 aromatic rings. The second-order valence-corrected chi connectivity index (χ2v) is 10.4. The lowest BCUT2D eigenvalue weighted by Crippen LogP contribution is -2.04. The molecule has 0 aliphatic carbocycles. The molecule has 0 atom stereocenters. The molecule has 0 N–H and O–H groups in total. The second-order valence-electron chi connectivity index (χ2n) is 9.54. The van der Waals surface area contributed by atoms with E-state index in [1.54, 1.807) is 30.3 Å². The summed E-state index contributed by atoms with van der Waals surface area (Å²) in [6, 6.07) is 23.4. The maximum absolute atomic E-state index is 11.0. The number of carbonyl (C=O) groups excluding carboxylic acids is 1. The van der Waals surface area contributed by atoms with Gasteiger partial charge in [-0.1, -0.05) is 48.5 Å². The first-order valence-corrected chi connectivity index (χ1v) is 14.7. The van der Waals surface area contributed by atoms with Gasteiger partial charge in [0.25, 0.3) is 0 Å². The number of unbranched alkanes of at least 4 members (excludes halogenated alkanes) is 1. The van der Waals surface area contributed by atoms with E-state index in [0.717, 1.165) is 17.2 Å². The molecule has 9 nitrogen and oxygen atoms in total. The van der Waals surface area contributed by atoms with Crippen molar-refractivity contribution in [3.05, 3.63) is 119 Å². The van der Waals surface area contributed by atoms with E-state index in [-0.39, 0.29) is 0 Å². The molecule has 0 radical (unpaired) electrons. The van der Waals surface area contributed by atoms with Crippen LogP contribution in [0.15, 0.2) is 129 Å². The minimum Gasteiger partial charge on any atom is -0.492 e. The van der Waals surface area contributed by atoms with Crippen LogP contribution in [0, 0.1) is 6.92 Å². The van der Waals surface area contributed by atoms with Crippen molar-refractivity contribution < 1.29 is 14.3 Å². The molecule has 0 aromatic heterocycles. The molecule has 0 aliphatic rings. The Morgan fingerprint density at radius 2 is 1.22 bits per heavy atom. The second kappa shape index (κ2) is 16.7. The highest BCUT2D eigenvalue weighted by atomic mass is 35.5. The van der Waals surface area contributed by atoms with E-state index in [9.17, 15) is 4.79 Å². The van der Waals surface area contributed by atoms with Crippen LogP contribution in [0.4, 0.5) is 34.1 Å². The Morgan fingerprint density at radius 3 is 1.82 bits per heavy atom. The van der Waals surface area contributed by atoms with E-state index in [2.05, 4.69) is 43.8 Å².